The molecule has 4 rings (SSSR count). The molecule has 0 bridgehead atoms. The molecule has 0 amide bonds. The molecule has 2 N–H and O–H groups in total. The molecule has 0 aliphatic carbocycles. The van der Waals surface area contributed by atoms with Crippen LogP contribution in [0.15, 0.2) is 71.7 Å². The molecule has 26 heavy (non-hydrogen) atoms. The van der Waals surface area contributed by atoms with Crippen molar-refractivity contribution in [3.8, 4) is 33.9 Å². The highest BCUT2D eigenvalue weighted by Gasteiger charge is 2.15. The molecule has 0 aliphatic rings. The van der Waals surface area contributed by atoms with E-state index in [0.29, 0.717) is 27.8 Å². The highest BCUT2D eigenvalue weighted by molar-refractivity contribution is 6.30. The number of pyridine rings is 1. The first-order chi connectivity index (χ1) is 12.6. The summed E-state index contributed by atoms with van der Waals surface area (Å²) in [6.45, 7) is 0. The summed E-state index contributed by atoms with van der Waals surface area (Å²) in [5.74, 6) is 0.316. The van der Waals surface area contributed by atoms with E-state index in [2.05, 4.69) is 15.0 Å². The van der Waals surface area contributed by atoms with Crippen LogP contribution >= 0.6 is 11.6 Å². The van der Waals surface area contributed by atoms with Crippen LogP contribution in [-0.2, 0) is 0 Å². The minimum atomic E-state index is -0.320. The van der Waals surface area contributed by atoms with Gasteiger partial charge in [-0.15, -0.1) is 0 Å². The van der Waals surface area contributed by atoms with E-state index in [0.717, 1.165) is 11.1 Å². The minimum Gasteiger partial charge on any atom is -0.337 e. The van der Waals surface area contributed by atoms with Crippen LogP contribution < -0.4 is 5.56 Å². The minimum absolute atomic E-state index is 0.213. The van der Waals surface area contributed by atoms with E-state index in [1.165, 1.54) is 18.2 Å². The van der Waals surface area contributed by atoms with Gasteiger partial charge >= 0.3 is 0 Å². The van der Waals surface area contributed by atoms with Crippen molar-refractivity contribution in [1.29, 1.82) is 0 Å². The quantitative estimate of drug-likeness (QED) is 0.543. The maximum Gasteiger partial charge on any atom is 0.248 e. The number of nitrogens with one attached hydrogen (secondary N) is 2. The van der Waals surface area contributed by atoms with E-state index in [4.69, 9.17) is 11.6 Å². The number of aromatic amines is 2. The van der Waals surface area contributed by atoms with E-state index in [1.54, 1.807) is 36.5 Å². The molecule has 4 aromatic rings. The van der Waals surface area contributed by atoms with Crippen LogP contribution in [0.25, 0.3) is 33.9 Å². The number of hydrogen-bond acceptors (Lipinski definition) is 2. The van der Waals surface area contributed by atoms with Crippen LogP contribution in [0.2, 0.25) is 5.02 Å². The molecule has 4 nitrogen and oxygen atoms in total. The first kappa shape index (κ1) is 16.3. The van der Waals surface area contributed by atoms with Crippen LogP contribution in [0.1, 0.15) is 0 Å². The summed E-state index contributed by atoms with van der Waals surface area (Å²) in [4.78, 5) is 22.3. The maximum atomic E-state index is 13.3. The molecule has 0 unspecified atom stereocenters. The van der Waals surface area contributed by atoms with Gasteiger partial charge in [0.15, 0.2) is 0 Å². The number of aromatic nitrogens is 3. The van der Waals surface area contributed by atoms with Gasteiger partial charge in [0.2, 0.25) is 5.56 Å². The van der Waals surface area contributed by atoms with Crippen molar-refractivity contribution in [2.45, 2.75) is 0 Å². The predicted molar refractivity (Wildman–Crippen MR) is 100 cm³/mol. The zero-order chi connectivity index (χ0) is 18.1. The third-order valence-corrected chi connectivity index (χ3v) is 4.25. The lowest BCUT2D eigenvalue weighted by Gasteiger charge is -2.02. The summed E-state index contributed by atoms with van der Waals surface area (Å²) in [6.07, 6.45) is 1.58. The SMILES string of the molecule is O=c1cc(-c2[nH]c(-c3ccc(Cl)cc3)nc2-c2ccc(F)cc2)cc[nH]1. The molecule has 0 spiro atoms. The number of H-pyrrole nitrogens is 2. The molecule has 6 heteroatoms. The summed E-state index contributed by atoms with van der Waals surface area (Å²) < 4.78 is 13.3. The fourth-order valence-electron chi connectivity index (χ4n) is 2.74. The number of nitrogens with zero attached hydrogens (tertiary/aromatic N) is 1. The molecule has 128 valence electrons. The number of hydrogen-bond donors (Lipinski definition) is 2. The van der Waals surface area contributed by atoms with Gasteiger partial charge in [0, 0.05) is 34.0 Å². The molecule has 0 saturated heterocycles. The van der Waals surface area contributed by atoms with Gasteiger partial charge in [-0.1, -0.05) is 11.6 Å². The molecule has 0 saturated carbocycles. The molecule has 0 aliphatic heterocycles. The fourth-order valence-corrected chi connectivity index (χ4v) is 2.87. The molecule has 0 radical (unpaired) electrons. The van der Waals surface area contributed by atoms with Gasteiger partial charge in [0.1, 0.15) is 11.6 Å². The Hall–Kier alpha value is -3.18. The highest BCUT2D eigenvalue weighted by atomic mass is 35.5. The molecule has 2 aromatic heterocycles. The van der Waals surface area contributed by atoms with Gasteiger partial charge < -0.3 is 9.97 Å². The zero-order valence-electron chi connectivity index (χ0n) is 13.5. The summed E-state index contributed by atoms with van der Waals surface area (Å²) in [5.41, 5.74) is 3.41. The average Bonchev–Trinajstić information content (AvgIpc) is 3.08. The van der Waals surface area contributed by atoms with E-state index in [1.807, 2.05) is 12.1 Å². The summed E-state index contributed by atoms with van der Waals surface area (Å²) >= 11 is 5.96. The third-order valence-electron chi connectivity index (χ3n) is 4.00. The number of rotatable bonds is 3. The Morgan fingerprint density at radius 1 is 0.885 bits per heavy atom. The third kappa shape index (κ3) is 3.17. The second kappa shape index (κ2) is 6.61. The van der Waals surface area contributed by atoms with Crippen molar-refractivity contribution >= 4 is 11.6 Å². The topological polar surface area (TPSA) is 61.5 Å². The summed E-state index contributed by atoms with van der Waals surface area (Å²) in [6, 6.07) is 16.6. The van der Waals surface area contributed by atoms with Crippen LogP contribution in [0.3, 0.4) is 0 Å². The molecule has 0 fully saturated rings. The Bertz CT molecular complexity index is 1120. The Morgan fingerprint density at radius 2 is 1.58 bits per heavy atom. The van der Waals surface area contributed by atoms with Crippen molar-refractivity contribution in [1.82, 2.24) is 15.0 Å². The summed E-state index contributed by atoms with van der Waals surface area (Å²) in [5, 5.41) is 0.633. The number of halogens is 2. The van der Waals surface area contributed by atoms with Crippen molar-refractivity contribution in [3.63, 3.8) is 0 Å². The molecule has 2 aromatic carbocycles. The highest BCUT2D eigenvalue weighted by Crippen LogP contribution is 2.32. The first-order valence-corrected chi connectivity index (χ1v) is 8.29. The van der Waals surface area contributed by atoms with Crippen LogP contribution in [0.5, 0.6) is 0 Å². The van der Waals surface area contributed by atoms with Crippen LogP contribution in [0.4, 0.5) is 4.39 Å². The van der Waals surface area contributed by atoms with Gasteiger partial charge in [-0.2, -0.15) is 0 Å². The summed E-state index contributed by atoms with van der Waals surface area (Å²) in [7, 11) is 0. The van der Waals surface area contributed by atoms with Crippen LogP contribution in [0, 0.1) is 5.82 Å². The molecular formula is C20H13ClFN3O. The average molecular weight is 366 g/mol. The van der Waals surface area contributed by atoms with Crippen molar-refractivity contribution < 1.29 is 4.39 Å². The molecule has 0 atom stereocenters. The van der Waals surface area contributed by atoms with Gasteiger partial charge in [0.05, 0.1) is 11.4 Å². The van der Waals surface area contributed by atoms with Crippen molar-refractivity contribution in [2.24, 2.45) is 0 Å². The van der Waals surface area contributed by atoms with Gasteiger partial charge in [-0.25, -0.2) is 9.37 Å². The lowest BCUT2D eigenvalue weighted by atomic mass is 10.1. The Balaban J connectivity index is 1.91. The van der Waals surface area contributed by atoms with Crippen LogP contribution in [-0.4, -0.2) is 15.0 Å². The standard InChI is InChI=1S/C20H13ClFN3O/c21-15-5-1-13(2-6-15)20-24-18(12-3-7-16(22)8-4-12)19(25-20)14-9-10-23-17(26)11-14/h1-11H,(H,23,26)(H,24,25). The second-order valence-corrected chi connectivity index (χ2v) is 6.20. The lowest BCUT2D eigenvalue weighted by Crippen LogP contribution is -2.02. The normalized spacial score (nSPS) is 10.8. The van der Waals surface area contributed by atoms with Gasteiger partial charge in [-0.05, 0) is 54.6 Å². The van der Waals surface area contributed by atoms with E-state index in [-0.39, 0.29) is 11.4 Å². The number of benzene rings is 2. The van der Waals surface area contributed by atoms with Crippen molar-refractivity contribution in [2.75, 3.05) is 0 Å². The smallest absolute Gasteiger partial charge is 0.248 e. The lowest BCUT2D eigenvalue weighted by molar-refractivity contribution is 0.628. The fraction of sp³-hybridized carbons (Fsp3) is 0. The van der Waals surface area contributed by atoms with Crippen molar-refractivity contribution in [3.05, 3.63) is 88.1 Å². The predicted octanol–water partition coefficient (Wildman–Crippen LogP) is 4.89. The first-order valence-electron chi connectivity index (χ1n) is 7.91. The van der Waals surface area contributed by atoms with Gasteiger partial charge in [0.25, 0.3) is 0 Å². The van der Waals surface area contributed by atoms with Gasteiger partial charge in [-0.3, -0.25) is 4.79 Å². The zero-order valence-corrected chi connectivity index (χ0v) is 14.2. The van der Waals surface area contributed by atoms with E-state index >= 15 is 0 Å². The molecule has 2 heterocycles. The Kier molecular flexibility index (Phi) is 4.14. The number of imidazole rings is 1. The van der Waals surface area contributed by atoms with E-state index in [9.17, 15) is 9.18 Å². The largest absolute Gasteiger partial charge is 0.337 e. The Morgan fingerprint density at radius 3 is 2.27 bits per heavy atom. The monoisotopic (exact) mass is 365 g/mol. The Labute approximate surface area is 153 Å². The van der Waals surface area contributed by atoms with E-state index < -0.39 is 0 Å². The molecular weight excluding hydrogens is 353 g/mol. The second-order valence-electron chi connectivity index (χ2n) is 5.76. The maximum absolute atomic E-state index is 13.3.